The van der Waals surface area contributed by atoms with Crippen molar-refractivity contribution in [3.8, 4) is 0 Å². The number of imidazole rings is 1. The maximum absolute atomic E-state index is 5.86. The molecule has 1 aromatic carbocycles. The van der Waals surface area contributed by atoms with Crippen LogP contribution in [0.15, 0.2) is 30.3 Å². The van der Waals surface area contributed by atoms with Gasteiger partial charge in [0.05, 0.1) is 0 Å². The summed E-state index contributed by atoms with van der Waals surface area (Å²) in [5, 5.41) is 0. The highest BCUT2D eigenvalue weighted by atomic mass is 16.7. The number of hydrogen-bond donors (Lipinski definition) is 1. The van der Waals surface area contributed by atoms with E-state index in [1.807, 2.05) is 37.3 Å². The van der Waals surface area contributed by atoms with Crippen molar-refractivity contribution in [2.45, 2.75) is 20.5 Å². The Kier molecular flexibility index (Phi) is 2.98. The van der Waals surface area contributed by atoms with Crippen LogP contribution in [-0.4, -0.2) is 19.7 Å². The summed E-state index contributed by atoms with van der Waals surface area (Å²) in [6.07, 6.45) is 0. The molecule has 102 valence electrons. The highest BCUT2D eigenvalue weighted by molar-refractivity contribution is 5.81. The van der Waals surface area contributed by atoms with Crippen molar-refractivity contribution in [1.82, 2.24) is 19.7 Å². The van der Waals surface area contributed by atoms with E-state index in [9.17, 15) is 0 Å². The molecule has 2 heterocycles. The van der Waals surface area contributed by atoms with Gasteiger partial charge >= 0.3 is 0 Å². The van der Waals surface area contributed by atoms with Crippen LogP contribution < -0.4 is 10.6 Å². The minimum atomic E-state index is 0.373. The minimum Gasteiger partial charge on any atom is -0.406 e. The van der Waals surface area contributed by atoms with Gasteiger partial charge in [0, 0.05) is 0 Å². The maximum Gasteiger partial charge on any atom is 0.201 e. The molecule has 20 heavy (non-hydrogen) atoms. The Morgan fingerprint density at radius 3 is 2.60 bits per heavy atom. The molecule has 2 aromatic heterocycles. The molecule has 0 fully saturated rings. The first-order chi connectivity index (χ1) is 9.65. The molecular formula is C14H15N5O. The van der Waals surface area contributed by atoms with Crippen LogP contribution in [0.4, 0.5) is 5.82 Å². The fourth-order valence-corrected chi connectivity index (χ4v) is 2.05. The van der Waals surface area contributed by atoms with Crippen LogP contribution in [-0.2, 0) is 6.61 Å². The summed E-state index contributed by atoms with van der Waals surface area (Å²) < 4.78 is 1.60. The molecule has 0 bridgehead atoms. The third-order valence-electron chi connectivity index (χ3n) is 2.97. The second-order valence-electron chi connectivity index (χ2n) is 4.54. The molecule has 2 N–H and O–H groups in total. The normalized spacial score (nSPS) is 10.9. The molecule has 0 radical (unpaired) electrons. The van der Waals surface area contributed by atoms with Crippen LogP contribution in [0.1, 0.15) is 17.2 Å². The predicted octanol–water partition coefficient (Wildman–Crippen LogP) is 1.65. The van der Waals surface area contributed by atoms with Gasteiger partial charge in [-0.25, -0.2) is 15.0 Å². The summed E-state index contributed by atoms with van der Waals surface area (Å²) in [6, 6.07) is 9.93. The fourth-order valence-electron chi connectivity index (χ4n) is 2.05. The Morgan fingerprint density at radius 1 is 1.10 bits per heavy atom. The largest absolute Gasteiger partial charge is 0.406 e. The molecule has 0 amide bonds. The van der Waals surface area contributed by atoms with E-state index in [0.717, 1.165) is 5.56 Å². The van der Waals surface area contributed by atoms with Crippen molar-refractivity contribution in [2.24, 2.45) is 0 Å². The average molecular weight is 269 g/mol. The number of nitrogens with two attached hydrogens (primary N) is 1. The van der Waals surface area contributed by atoms with Crippen molar-refractivity contribution in [3.63, 3.8) is 0 Å². The minimum absolute atomic E-state index is 0.373. The van der Waals surface area contributed by atoms with Gasteiger partial charge in [-0.1, -0.05) is 30.3 Å². The van der Waals surface area contributed by atoms with Gasteiger partial charge in [-0.3, -0.25) is 0 Å². The Balaban J connectivity index is 1.97. The zero-order chi connectivity index (χ0) is 14.1. The molecule has 6 nitrogen and oxygen atoms in total. The van der Waals surface area contributed by atoms with Crippen molar-refractivity contribution >= 4 is 17.0 Å². The van der Waals surface area contributed by atoms with Crippen molar-refractivity contribution in [1.29, 1.82) is 0 Å². The van der Waals surface area contributed by atoms with Gasteiger partial charge in [0.1, 0.15) is 18.3 Å². The molecule has 0 aliphatic rings. The lowest BCUT2D eigenvalue weighted by Crippen LogP contribution is -2.13. The molecule has 6 heteroatoms. The Morgan fingerprint density at radius 2 is 1.85 bits per heavy atom. The number of anilines is 1. The standard InChI is InChI=1S/C14H15N5O/c1-9-16-13(15)12-14(17-9)19(10(2)18-12)20-8-11-6-4-3-5-7-11/h3-7H,8H2,1-2H3,(H2,15,16,17). The Bertz CT molecular complexity index is 751. The van der Waals surface area contributed by atoms with Crippen LogP contribution >= 0.6 is 0 Å². The van der Waals surface area contributed by atoms with Crippen LogP contribution in [0, 0.1) is 13.8 Å². The van der Waals surface area contributed by atoms with E-state index in [0.29, 0.717) is 35.2 Å². The molecule has 0 saturated carbocycles. The summed E-state index contributed by atoms with van der Waals surface area (Å²) in [5.41, 5.74) is 8.11. The molecule has 3 aromatic rings. The number of nitrogens with zero attached hydrogens (tertiary/aromatic N) is 4. The van der Waals surface area contributed by atoms with Gasteiger partial charge in [-0.05, 0) is 19.4 Å². The number of aryl methyl sites for hydroxylation is 2. The summed E-state index contributed by atoms with van der Waals surface area (Å²) in [6.45, 7) is 4.08. The third kappa shape index (κ3) is 2.16. The highest BCUT2D eigenvalue weighted by Gasteiger charge is 2.14. The summed E-state index contributed by atoms with van der Waals surface area (Å²) in [4.78, 5) is 18.6. The van der Waals surface area contributed by atoms with Crippen molar-refractivity contribution in [3.05, 3.63) is 47.5 Å². The number of aromatic nitrogens is 4. The topological polar surface area (TPSA) is 78.8 Å². The van der Waals surface area contributed by atoms with Crippen LogP contribution in [0.3, 0.4) is 0 Å². The number of hydrogen-bond acceptors (Lipinski definition) is 5. The lowest BCUT2D eigenvalue weighted by molar-refractivity contribution is 0.1000. The molecule has 0 spiro atoms. The Hall–Kier alpha value is -2.63. The zero-order valence-corrected chi connectivity index (χ0v) is 11.4. The third-order valence-corrected chi connectivity index (χ3v) is 2.97. The van der Waals surface area contributed by atoms with Crippen LogP contribution in [0.25, 0.3) is 11.2 Å². The van der Waals surface area contributed by atoms with E-state index in [1.165, 1.54) is 0 Å². The SMILES string of the molecule is Cc1nc(N)c2nc(C)n(OCc3ccccc3)c2n1. The summed E-state index contributed by atoms with van der Waals surface area (Å²) >= 11 is 0. The first-order valence-corrected chi connectivity index (χ1v) is 6.31. The number of fused-ring (bicyclic) bond motifs is 1. The lowest BCUT2D eigenvalue weighted by atomic mass is 10.2. The first-order valence-electron chi connectivity index (χ1n) is 6.31. The van der Waals surface area contributed by atoms with E-state index < -0.39 is 0 Å². The molecule has 0 aliphatic heterocycles. The number of benzene rings is 1. The van der Waals surface area contributed by atoms with Gasteiger partial charge < -0.3 is 10.6 Å². The molecule has 0 unspecified atom stereocenters. The number of rotatable bonds is 3. The van der Waals surface area contributed by atoms with Crippen molar-refractivity contribution in [2.75, 3.05) is 5.73 Å². The van der Waals surface area contributed by atoms with Gasteiger partial charge in [0.15, 0.2) is 11.3 Å². The molecule has 0 atom stereocenters. The van der Waals surface area contributed by atoms with Crippen LogP contribution in [0.2, 0.25) is 0 Å². The first kappa shape index (κ1) is 12.4. The van der Waals surface area contributed by atoms with E-state index in [2.05, 4.69) is 15.0 Å². The lowest BCUT2D eigenvalue weighted by Gasteiger charge is -2.08. The fraction of sp³-hybridized carbons (Fsp3) is 0.214. The molecule has 0 aliphatic carbocycles. The molecule has 0 saturated heterocycles. The van der Waals surface area contributed by atoms with E-state index in [4.69, 9.17) is 10.6 Å². The molecular weight excluding hydrogens is 254 g/mol. The average Bonchev–Trinajstić information content (AvgIpc) is 2.74. The van der Waals surface area contributed by atoms with Gasteiger partial charge in [0.2, 0.25) is 5.65 Å². The predicted molar refractivity (Wildman–Crippen MR) is 75.9 cm³/mol. The van der Waals surface area contributed by atoms with Crippen molar-refractivity contribution < 1.29 is 4.84 Å². The maximum atomic E-state index is 5.86. The van der Waals surface area contributed by atoms with Crippen LogP contribution in [0.5, 0.6) is 0 Å². The second kappa shape index (κ2) is 4.80. The van der Waals surface area contributed by atoms with E-state index in [1.54, 1.807) is 11.7 Å². The smallest absolute Gasteiger partial charge is 0.201 e. The number of nitrogen functional groups attached to an aromatic ring is 1. The quantitative estimate of drug-likeness (QED) is 0.782. The Labute approximate surface area is 116 Å². The molecule has 3 rings (SSSR count). The van der Waals surface area contributed by atoms with E-state index in [-0.39, 0.29) is 0 Å². The monoisotopic (exact) mass is 269 g/mol. The highest BCUT2D eigenvalue weighted by Crippen LogP contribution is 2.17. The van der Waals surface area contributed by atoms with Gasteiger partial charge in [0.25, 0.3) is 0 Å². The van der Waals surface area contributed by atoms with E-state index >= 15 is 0 Å². The second-order valence-corrected chi connectivity index (χ2v) is 4.54. The van der Waals surface area contributed by atoms with Gasteiger partial charge in [-0.2, -0.15) is 0 Å². The van der Waals surface area contributed by atoms with Gasteiger partial charge in [-0.15, -0.1) is 4.73 Å². The summed E-state index contributed by atoms with van der Waals surface area (Å²) in [7, 11) is 0. The zero-order valence-electron chi connectivity index (χ0n) is 11.4. The summed E-state index contributed by atoms with van der Waals surface area (Å²) in [5.74, 6) is 1.67.